The molecule has 0 aromatic heterocycles. The Morgan fingerprint density at radius 3 is 2.50 bits per heavy atom. The van der Waals surface area contributed by atoms with Gasteiger partial charge < -0.3 is 15.4 Å². The number of guanidine groups is 1. The third kappa shape index (κ3) is 4.12. The molecule has 24 heavy (non-hydrogen) atoms. The molecule has 4 nitrogen and oxygen atoms in total. The number of halogens is 1. The van der Waals surface area contributed by atoms with Crippen LogP contribution < -0.4 is 5.73 Å². The molecule has 132 valence electrons. The van der Waals surface area contributed by atoms with Gasteiger partial charge in [-0.25, -0.2) is 0 Å². The standard InChI is InChI=1S/C19H28BrN3O/c1-15-6-10-23(11-7-15)18(21)22-14-19(8-12-24-13-9-19)16-2-4-17(20)5-3-16/h2-5,15H,6-14H2,1H3,(H2,21,22). The maximum atomic E-state index is 6.31. The van der Waals surface area contributed by atoms with Gasteiger partial charge in [-0.05, 0) is 49.3 Å². The van der Waals surface area contributed by atoms with Crippen molar-refractivity contribution >= 4 is 21.9 Å². The van der Waals surface area contributed by atoms with Crippen molar-refractivity contribution < 1.29 is 4.74 Å². The lowest BCUT2D eigenvalue weighted by Crippen LogP contribution is -2.44. The Labute approximate surface area is 153 Å². The Hall–Kier alpha value is -1.07. The molecular formula is C19H28BrN3O. The molecule has 2 saturated heterocycles. The Balaban J connectivity index is 1.74. The summed E-state index contributed by atoms with van der Waals surface area (Å²) in [5.41, 5.74) is 7.70. The zero-order chi connectivity index (χ0) is 17.0. The normalized spacial score (nSPS) is 22.6. The molecule has 1 aromatic carbocycles. The number of hydrogen-bond donors (Lipinski definition) is 1. The zero-order valence-electron chi connectivity index (χ0n) is 14.5. The fourth-order valence-corrected chi connectivity index (χ4v) is 3.94. The molecule has 0 saturated carbocycles. The van der Waals surface area contributed by atoms with Crippen LogP contribution in [0.25, 0.3) is 0 Å². The Kier molecular flexibility index (Phi) is 5.82. The number of rotatable bonds is 3. The van der Waals surface area contributed by atoms with Crippen LogP contribution in [-0.4, -0.2) is 43.7 Å². The fraction of sp³-hybridized carbons (Fsp3) is 0.632. The second-order valence-corrected chi connectivity index (χ2v) is 8.16. The van der Waals surface area contributed by atoms with Gasteiger partial charge in [0.2, 0.25) is 0 Å². The van der Waals surface area contributed by atoms with Crippen molar-refractivity contribution in [3.05, 3.63) is 34.3 Å². The number of piperidine rings is 1. The van der Waals surface area contributed by atoms with E-state index in [1.165, 1.54) is 18.4 Å². The smallest absolute Gasteiger partial charge is 0.191 e. The van der Waals surface area contributed by atoms with E-state index in [0.29, 0.717) is 5.96 Å². The van der Waals surface area contributed by atoms with Crippen LogP contribution in [0.2, 0.25) is 0 Å². The number of hydrogen-bond acceptors (Lipinski definition) is 2. The van der Waals surface area contributed by atoms with Gasteiger partial charge in [0.25, 0.3) is 0 Å². The molecule has 0 atom stereocenters. The number of nitrogens with two attached hydrogens (primary N) is 1. The van der Waals surface area contributed by atoms with Gasteiger partial charge in [0.15, 0.2) is 5.96 Å². The number of benzene rings is 1. The summed E-state index contributed by atoms with van der Waals surface area (Å²) in [5, 5.41) is 0. The van der Waals surface area contributed by atoms with E-state index >= 15 is 0 Å². The lowest BCUT2D eigenvalue weighted by atomic mass is 9.74. The average Bonchev–Trinajstić information content (AvgIpc) is 2.62. The maximum absolute atomic E-state index is 6.31. The van der Waals surface area contributed by atoms with Crippen molar-refractivity contribution in [3.8, 4) is 0 Å². The first kappa shape index (κ1) is 17.7. The molecule has 0 bridgehead atoms. The van der Waals surface area contributed by atoms with E-state index in [2.05, 4.69) is 52.0 Å². The predicted molar refractivity (Wildman–Crippen MR) is 102 cm³/mol. The van der Waals surface area contributed by atoms with E-state index in [0.717, 1.165) is 56.1 Å². The fourth-order valence-electron chi connectivity index (χ4n) is 3.67. The minimum atomic E-state index is 0.0483. The maximum Gasteiger partial charge on any atom is 0.191 e. The van der Waals surface area contributed by atoms with Gasteiger partial charge in [0.1, 0.15) is 0 Å². The molecule has 2 N–H and O–H groups in total. The summed E-state index contributed by atoms with van der Waals surface area (Å²) in [6, 6.07) is 8.66. The molecule has 2 aliphatic rings. The number of likely N-dealkylation sites (tertiary alicyclic amines) is 1. The van der Waals surface area contributed by atoms with Crippen LogP contribution in [0, 0.1) is 5.92 Å². The molecule has 0 radical (unpaired) electrons. The molecular weight excluding hydrogens is 366 g/mol. The van der Waals surface area contributed by atoms with Crippen molar-refractivity contribution in [2.45, 2.75) is 38.0 Å². The average molecular weight is 394 g/mol. The number of ether oxygens (including phenoxy) is 1. The van der Waals surface area contributed by atoms with E-state index in [-0.39, 0.29) is 5.41 Å². The molecule has 2 fully saturated rings. The van der Waals surface area contributed by atoms with Crippen LogP contribution in [0.3, 0.4) is 0 Å². The van der Waals surface area contributed by atoms with Gasteiger partial charge in [-0.2, -0.15) is 0 Å². The first-order valence-electron chi connectivity index (χ1n) is 8.98. The molecule has 1 aromatic rings. The van der Waals surface area contributed by atoms with Gasteiger partial charge in [-0.1, -0.05) is 35.0 Å². The molecule has 0 aliphatic carbocycles. The van der Waals surface area contributed by atoms with Gasteiger partial charge in [0.05, 0.1) is 6.54 Å². The number of nitrogens with zero attached hydrogens (tertiary/aromatic N) is 2. The summed E-state index contributed by atoms with van der Waals surface area (Å²) in [5.74, 6) is 1.52. The van der Waals surface area contributed by atoms with Crippen LogP contribution >= 0.6 is 15.9 Å². The van der Waals surface area contributed by atoms with Crippen LogP contribution in [-0.2, 0) is 10.2 Å². The highest BCUT2D eigenvalue weighted by Gasteiger charge is 2.34. The Morgan fingerprint density at radius 2 is 1.88 bits per heavy atom. The lowest BCUT2D eigenvalue weighted by molar-refractivity contribution is 0.0530. The predicted octanol–water partition coefficient (Wildman–Crippen LogP) is 3.54. The first-order chi connectivity index (χ1) is 11.6. The summed E-state index contributed by atoms with van der Waals surface area (Å²) >= 11 is 3.53. The topological polar surface area (TPSA) is 50.8 Å². The molecule has 5 heteroatoms. The summed E-state index contributed by atoms with van der Waals surface area (Å²) in [7, 11) is 0. The van der Waals surface area contributed by atoms with Crippen LogP contribution in [0.15, 0.2) is 33.7 Å². The minimum absolute atomic E-state index is 0.0483. The van der Waals surface area contributed by atoms with Crippen molar-refractivity contribution in [3.63, 3.8) is 0 Å². The molecule has 0 amide bonds. The SMILES string of the molecule is CC1CCN(C(N)=NCC2(c3ccc(Br)cc3)CCOCC2)CC1. The summed E-state index contributed by atoms with van der Waals surface area (Å²) in [4.78, 5) is 7.07. The van der Waals surface area contributed by atoms with E-state index < -0.39 is 0 Å². The first-order valence-corrected chi connectivity index (χ1v) is 9.77. The minimum Gasteiger partial charge on any atom is -0.381 e. The highest BCUT2D eigenvalue weighted by Crippen LogP contribution is 2.36. The second kappa shape index (κ2) is 7.87. The summed E-state index contributed by atoms with van der Waals surface area (Å²) < 4.78 is 6.72. The quantitative estimate of drug-likeness (QED) is 0.630. The third-order valence-corrected chi connectivity index (χ3v) is 6.09. The monoisotopic (exact) mass is 393 g/mol. The molecule has 0 unspecified atom stereocenters. The highest BCUT2D eigenvalue weighted by atomic mass is 79.9. The van der Waals surface area contributed by atoms with E-state index in [1.54, 1.807) is 0 Å². The van der Waals surface area contributed by atoms with Crippen LogP contribution in [0.1, 0.15) is 38.2 Å². The second-order valence-electron chi connectivity index (χ2n) is 7.24. The Morgan fingerprint density at radius 1 is 1.25 bits per heavy atom. The molecule has 3 rings (SSSR count). The van der Waals surface area contributed by atoms with Gasteiger partial charge in [-0.15, -0.1) is 0 Å². The van der Waals surface area contributed by atoms with Crippen LogP contribution in [0.4, 0.5) is 0 Å². The summed E-state index contributed by atoms with van der Waals surface area (Å²) in [6.45, 7) is 6.72. The van der Waals surface area contributed by atoms with Gasteiger partial charge >= 0.3 is 0 Å². The zero-order valence-corrected chi connectivity index (χ0v) is 16.1. The van der Waals surface area contributed by atoms with E-state index in [1.807, 2.05) is 0 Å². The van der Waals surface area contributed by atoms with E-state index in [9.17, 15) is 0 Å². The van der Waals surface area contributed by atoms with Gasteiger partial charge in [0, 0.05) is 36.2 Å². The highest BCUT2D eigenvalue weighted by molar-refractivity contribution is 9.10. The molecule has 2 heterocycles. The van der Waals surface area contributed by atoms with Crippen molar-refractivity contribution in [2.24, 2.45) is 16.6 Å². The lowest BCUT2D eigenvalue weighted by Gasteiger charge is -2.37. The summed E-state index contributed by atoms with van der Waals surface area (Å²) in [6.07, 6.45) is 4.43. The third-order valence-electron chi connectivity index (χ3n) is 5.56. The number of aliphatic imine (C=N–C) groups is 1. The van der Waals surface area contributed by atoms with Crippen LogP contribution in [0.5, 0.6) is 0 Å². The van der Waals surface area contributed by atoms with Crippen molar-refractivity contribution in [1.82, 2.24) is 4.90 Å². The van der Waals surface area contributed by atoms with Gasteiger partial charge in [-0.3, -0.25) is 4.99 Å². The largest absolute Gasteiger partial charge is 0.381 e. The van der Waals surface area contributed by atoms with Crippen molar-refractivity contribution in [1.29, 1.82) is 0 Å². The molecule has 2 aliphatic heterocycles. The molecule has 0 spiro atoms. The Bertz CT molecular complexity index is 558. The van der Waals surface area contributed by atoms with E-state index in [4.69, 9.17) is 15.5 Å². The van der Waals surface area contributed by atoms with Crippen molar-refractivity contribution in [2.75, 3.05) is 32.8 Å².